The predicted octanol–water partition coefficient (Wildman–Crippen LogP) is 3.07. The first-order valence-electron chi connectivity index (χ1n) is 5.56. The molecule has 0 unspecified atom stereocenters. The number of nitrogen functional groups attached to an aromatic ring is 1. The number of benzene rings is 1. The van der Waals surface area contributed by atoms with Crippen LogP contribution in [-0.4, -0.2) is 19.3 Å². The zero-order valence-corrected chi connectivity index (χ0v) is 10.8. The molecule has 1 fully saturated rings. The van der Waals surface area contributed by atoms with E-state index < -0.39 is 0 Å². The zero-order chi connectivity index (χ0) is 12.1. The van der Waals surface area contributed by atoms with Crippen molar-refractivity contribution in [1.82, 2.24) is 0 Å². The Balaban J connectivity index is 0.000000606. The lowest BCUT2D eigenvalue weighted by Gasteiger charge is -2.28. The molecular weight excluding hydrogens is 224 g/mol. The van der Waals surface area contributed by atoms with E-state index in [0.29, 0.717) is 6.04 Å². The van der Waals surface area contributed by atoms with E-state index in [9.17, 15) is 0 Å². The fourth-order valence-electron chi connectivity index (χ4n) is 1.37. The molecule has 0 amide bonds. The van der Waals surface area contributed by atoms with Crippen LogP contribution in [0.3, 0.4) is 0 Å². The van der Waals surface area contributed by atoms with Crippen molar-refractivity contribution in [3.05, 3.63) is 22.7 Å². The van der Waals surface area contributed by atoms with Gasteiger partial charge in [-0.15, -0.1) is 0 Å². The molecule has 0 aliphatic carbocycles. The van der Waals surface area contributed by atoms with Crippen LogP contribution in [0.1, 0.15) is 19.4 Å². The molecule has 1 aromatic carbocycles. The van der Waals surface area contributed by atoms with Crippen molar-refractivity contribution in [3.63, 3.8) is 0 Å². The second-order valence-electron chi connectivity index (χ2n) is 3.57. The number of aryl methyl sites for hydroxylation is 1. The highest BCUT2D eigenvalue weighted by atomic mass is 35.5. The molecule has 1 heterocycles. The summed E-state index contributed by atoms with van der Waals surface area (Å²) >= 11 is 6.00. The summed E-state index contributed by atoms with van der Waals surface area (Å²) in [5.41, 5.74) is 8.49. The molecule has 2 rings (SSSR count). The van der Waals surface area contributed by atoms with E-state index in [-0.39, 0.29) is 0 Å². The molecule has 0 aromatic heterocycles. The Morgan fingerprint density at radius 1 is 1.38 bits per heavy atom. The van der Waals surface area contributed by atoms with Gasteiger partial charge in [0.25, 0.3) is 0 Å². The van der Waals surface area contributed by atoms with Crippen molar-refractivity contribution < 1.29 is 4.74 Å². The smallest absolute Gasteiger partial charge is 0.0729 e. The van der Waals surface area contributed by atoms with Gasteiger partial charge in [0.2, 0.25) is 0 Å². The Morgan fingerprint density at radius 3 is 2.50 bits per heavy atom. The molecule has 3 nitrogen and oxygen atoms in total. The lowest BCUT2D eigenvalue weighted by atomic mass is 10.1. The Morgan fingerprint density at radius 2 is 2.00 bits per heavy atom. The molecule has 0 bridgehead atoms. The summed E-state index contributed by atoms with van der Waals surface area (Å²) in [5.74, 6) is 0. The van der Waals surface area contributed by atoms with Crippen LogP contribution in [0.2, 0.25) is 5.02 Å². The summed E-state index contributed by atoms with van der Waals surface area (Å²) < 4.78 is 5.06. The lowest BCUT2D eigenvalue weighted by Crippen LogP contribution is -2.40. The largest absolute Gasteiger partial charge is 0.397 e. The van der Waals surface area contributed by atoms with Crippen molar-refractivity contribution in [1.29, 1.82) is 0 Å². The van der Waals surface area contributed by atoms with Gasteiger partial charge in [0, 0.05) is 5.02 Å². The lowest BCUT2D eigenvalue weighted by molar-refractivity contribution is 0.0211. The minimum Gasteiger partial charge on any atom is -0.397 e. The Hall–Kier alpha value is -0.930. The quantitative estimate of drug-likeness (QED) is 0.784. The average Bonchev–Trinajstić information content (AvgIpc) is 2.22. The third kappa shape index (κ3) is 3.03. The Bertz CT molecular complexity index is 351. The number of anilines is 2. The van der Waals surface area contributed by atoms with Gasteiger partial charge in [-0.05, 0) is 24.6 Å². The molecule has 1 saturated heterocycles. The molecule has 1 aliphatic heterocycles. The number of ether oxygens (including phenoxy) is 1. The highest BCUT2D eigenvalue weighted by Gasteiger charge is 2.18. The highest BCUT2D eigenvalue weighted by Crippen LogP contribution is 2.27. The van der Waals surface area contributed by atoms with Gasteiger partial charge in [0.1, 0.15) is 0 Å². The first-order valence-corrected chi connectivity index (χ1v) is 5.94. The van der Waals surface area contributed by atoms with Gasteiger partial charge in [-0.3, -0.25) is 0 Å². The van der Waals surface area contributed by atoms with Crippen LogP contribution >= 0.6 is 11.6 Å². The molecule has 0 saturated carbocycles. The molecular formula is C12H19ClN2O. The SMILES string of the molecule is CC.Cc1cc(N)c(NC2COC2)cc1Cl. The van der Waals surface area contributed by atoms with Gasteiger partial charge in [0.15, 0.2) is 0 Å². The van der Waals surface area contributed by atoms with E-state index in [1.54, 1.807) is 0 Å². The average molecular weight is 243 g/mol. The summed E-state index contributed by atoms with van der Waals surface area (Å²) in [6.07, 6.45) is 0. The van der Waals surface area contributed by atoms with E-state index in [1.165, 1.54) is 0 Å². The Kier molecular flexibility index (Phi) is 4.90. The molecule has 90 valence electrons. The second-order valence-corrected chi connectivity index (χ2v) is 3.97. The molecule has 16 heavy (non-hydrogen) atoms. The molecule has 1 aliphatic rings. The van der Waals surface area contributed by atoms with Crippen LogP contribution in [0.5, 0.6) is 0 Å². The summed E-state index contributed by atoms with van der Waals surface area (Å²) in [4.78, 5) is 0. The summed E-state index contributed by atoms with van der Waals surface area (Å²) in [7, 11) is 0. The van der Waals surface area contributed by atoms with E-state index in [1.807, 2.05) is 32.9 Å². The van der Waals surface area contributed by atoms with Crippen molar-refractivity contribution >= 4 is 23.0 Å². The van der Waals surface area contributed by atoms with Crippen LogP contribution in [0.4, 0.5) is 11.4 Å². The first-order chi connectivity index (χ1) is 7.66. The maximum absolute atomic E-state index is 6.00. The van der Waals surface area contributed by atoms with Crippen LogP contribution < -0.4 is 11.1 Å². The first kappa shape index (κ1) is 13.1. The summed E-state index contributed by atoms with van der Waals surface area (Å²) in [6, 6.07) is 4.12. The number of hydrogen-bond acceptors (Lipinski definition) is 3. The number of halogens is 1. The predicted molar refractivity (Wildman–Crippen MR) is 70.2 cm³/mol. The molecule has 4 heteroatoms. The molecule has 0 atom stereocenters. The van der Waals surface area contributed by atoms with Crippen molar-refractivity contribution in [2.45, 2.75) is 26.8 Å². The normalized spacial score (nSPS) is 14.8. The zero-order valence-electron chi connectivity index (χ0n) is 10.0. The molecule has 3 N–H and O–H groups in total. The van der Waals surface area contributed by atoms with Gasteiger partial charge in [0.05, 0.1) is 30.6 Å². The van der Waals surface area contributed by atoms with Crippen molar-refractivity contribution in [2.75, 3.05) is 24.3 Å². The molecule has 0 spiro atoms. The van der Waals surface area contributed by atoms with E-state index in [2.05, 4.69) is 5.32 Å². The Labute approximate surface area is 102 Å². The van der Waals surface area contributed by atoms with E-state index in [4.69, 9.17) is 22.1 Å². The number of rotatable bonds is 2. The van der Waals surface area contributed by atoms with E-state index in [0.717, 1.165) is 35.2 Å². The van der Waals surface area contributed by atoms with Gasteiger partial charge >= 0.3 is 0 Å². The fourth-order valence-corrected chi connectivity index (χ4v) is 1.53. The third-order valence-corrected chi connectivity index (χ3v) is 2.74. The van der Waals surface area contributed by atoms with E-state index >= 15 is 0 Å². The van der Waals surface area contributed by atoms with Crippen LogP contribution in [0, 0.1) is 6.92 Å². The molecule has 1 aromatic rings. The van der Waals surface area contributed by atoms with Gasteiger partial charge in [-0.1, -0.05) is 25.4 Å². The number of nitrogens with one attached hydrogen (secondary N) is 1. The maximum Gasteiger partial charge on any atom is 0.0729 e. The number of hydrogen-bond donors (Lipinski definition) is 2. The number of nitrogens with two attached hydrogens (primary N) is 1. The van der Waals surface area contributed by atoms with Gasteiger partial charge in [-0.2, -0.15) is 0 Å². The van der Waals surface area contributed by atoms with Crippen LogP contribution in [0.15, 0.2) is 12.1 Å². The fraction of sp³-hybridized carbons (Fsp3) is 0.500. The van der Waals surface area contributed by atoms with Gasteiger partial charge < -0.3 is 15.8 Å². The van der Waals surface area contributed by atoms with Crippen molar-refractivity contribution in [2.24, 2.45) is 0 Å². The highest BCUT2D eigenvalue weighted by molar-refractivity contribution is 6.31. The van der Waals surface area contributed by atoms with Crippen LogP contribution in [-0.2, 0) is 4.74 Å². The topological polar surface area (TPSA) is 47.3 Å². The minimum absolute atomic E-state index is 0.371. The van der Waals surface area contributed by atoms with Crippen molar-refractivity contribution in [3.8, 4) is 0 Å². The van der Waals surface area contributed by atoms with Crippen LogP contribution in [0.25, 0.3) is 0 Å². The third-order valence-electron chi connectivity index (χ3n) is 2.33. The standard InChI is InChI=1S/C10H13ClN2O.C2H6/c1-6-2-9(12)10(3-8(6)11)13-7-4-14-5-7;1-2/h2-3,7,13H,4-5,12H2,1H3;1-2H3. The molecule has 0 radical (unpaired) electrons. The summed E-state index contributed by atoms with van der Waals surface area (Å²) in [6.45, 7) is 7.42. The maximum atomic E-state index is 6.00. The van der Waals surface area contributed by atoms with Gasteiger partial charge in [-0.25, -0.2) is 0 Å². The second kappa shape index (κ2) is 5.97. The summed E-state index contributed by atoms with van der Waals surface area (Å²) in [5, 5.41) is 4.02. The minimum atomic E-state index is 0.371. The monoisotopic (exact) mass is 242 g/mol.